The molecule has 0 radical (unpaired) electrons. The highest BCUT2D eigenvalue weighted by Gasteiger charge is 2.28. The van der Waals surface area contributed by atoms with Gasteiger partial charge < -0.3 is 15.0 Å². The number of sulfonamides is 1. The van der Waals surface area contributed by atoms with Crippen molar-refractivity contribution in [1.82, 2.24) is 14.9 Å². The summed E-state index contributed by atoms with van der Waals surface area (Å²) in [6.45, 7) is 2.20. The minimum absolute atomic E-state index is 0.0304. The SMILES string of the molecule is COc1ccc(CN(C(=O)CCc2ccc(S(=O)(=O)NC3CC3)cc2)[C@H](C)C(=O)NCc2ccccc2Cl)cc1. The number of halogens is 1. The molecule has 2 amide bonds. The fourth-order valence-electron chi connectivity index (χ4n) is 4.20. The second-order valence-corrected chi connectivity index (χ2v) is 12.0. The maximum atomic E-state index is 13.5. The number of amides is 2. The lowest BCUT2D eigenvalue weighted by Crippen LogP contribution is -2.47. The molecule has 8 nitrogen and oxygen atoms in total. The molecule has 4 rings (SSSR count). The predicted molar refractivity (Wildman–Crippen MR) is 154 cm³/mol. The number of benzene rings is 3. The van der Waals surface area contributed by atoms with Crippen molar-refractivity contribution in [3.63, 3.8) is 0 Å². The topological polar surface area (TPSA) is 105 Å². The monoisotopic (exact) mass is 583 g/mol. The first-order chi connectivity index (χ1) is 19.2. The zero-order valence-electron chi connectivity index (χ0n) is 22.6. The Morgan fingerprint density at radius 1 is 1.00 bits per heavy atom. The van der Waals surface area contributed by atoms with Crippen LogP contribution in [0, 0.1) is 0 Å². The molecule has 1 atom stereocenters. The third-order valence-electron chi connectivity index (χ3n) is 6.85. The number of carbonyl (C=O) groups is 2. The lowest BCUT2D eigenvalue weighted by Gasteiger charge is -2.29. The molecule has 3 aromatic carbocycles. The van der Waals surface area contributed by atoms with E-state index in [4.69, 9.17) is 16.3 Å². The van der Waals surface area contributed by atoms with Crippen LogP contribution in [0.1, 0.15) is 42.9 Å². The number of nitrogens with zero attached hydrogens (tertiary/aromatic N) is 1. The summed E-state index contributed by atoms with van der Waals surface area (Å²) >= 11 is 6.23. The van der Waals surface area contributed by atoms with Gasteiger partial charge in [-0.2, -0.15) is 0 Å². The Bertz CT molecular complexity index is 1420. The molecule has 0 aromatic heterocycles. The minimum Gasteiger partial charge on any atom is -0.497 e. The van der Waals surface area contributed by atoms with Gasteiger partial charge in [0.05, 0.1) is 12.0 Å². The highest BCUT2D eigenvalue weighted by molar-refractivity contribution is 7.89. The van der Waals surface area contributed by atoms with Crippen LogP contribution >= 0.6 is 11.6 Å². The summed E-state index contributed by atoms with van der Waals surface area (Å²) < 4.78 is 32.8. The van der Waals surface area contributed by atoms with Crippen LogP contribution in [0.2, 0.25) is 5.02 Å². The number of aryl methyl sites for hydroxylation is 1. The molecule has 1 fully saturated rings. The second-order valence-electron chi connectivity index (χ2n) is 9.89. The van der Waals surface area contributed by atoms with Gasteiger partial charge in [-0.05, 0) is 73.2 Å². The molecule has 0 unspecified atom stereocenters. The molecule has 2 N–H and O–H groups in total. The molecule has 0 saturated heterocycles. The maximum Gasteiger partial charge on any atom is 0.242 e. The van der Waals surface area contributed by atoms with E-state index in [2.05, 4.69) is 10.0 Å². The Balaban J connectivity index is 1.43. The number of hydrogen-bond donors (Lipinski definition) is 2. The van der Waals surface area contributed by atoms with Gasteiger partial charge in [0.1, 0.15) is 11.8 Å². The van der Waals surface area contributed by atoms with E-state index in [0.29, 0.717) is 17.2 Å². The van der Waals surface area contributed by atoms with Crippen LogP contribution in [0.4, 0.5) is 0 Å². The summed E-state index contributed by atoms with van der Waals surface area (Å²) in [5.41, 5.74) is 2.48. The molecule has 0 spiro atoms. The zero-order chi connectivity index (χ0) is 28.7. The summed E-state index contributed by atoms with van der Waals surface area (Å²) in [5, 5.41) is 3.45. The molecule has 1 aliphatic rings. The molecular formula is C30H34ClN3O5S. The highest BCUT2D eigenvalue weighted by atomic mass is 35.5. The van der Waals surface area contributed by atoms with Gasteiger partial charge in [0, 0.05) is 30.6 Å². The van der Waals surface area contributed by atoms with Crippen LogP contribution < -0.4 is 14.8 Å². The van der Waals surface area contributed by atoms with Gasteiger partial charge in [0.25, 0.3) is 0 Å². The molecule has 0 heterocycles. The van der Waals surface area contributed by atoms with Gasteiger partial charge in [-0.15, -0.1) is 0 Å². The number of methoxy groups -OCH3 is 1. The molecule has 40 heavy (non-hydrogen) atoms. The van der Waals surface area contributed by atoms with E-state index in [-0.39, 0.29) is 42.3 Å². The van der Waals surface area contributed by atoms with Gasteiger partial charge in [0.2, 0.25) is 21.8 Å². The maximum absolute atomic E-state index is 13.5. The van der Waals surface area contributed by atoms with Crippen LogP contribution in [0.25, 0.3) is 0 Å². The van der Waals surface area contributed by atoms with Crippen LogP contribution in [0.5, 0.6) is 5.75 Å². The molecule has 3 aromatic rings. The first-order valence-electron chi connectivity index (χ1n) is 13.2. The fourth-order valence-corrected chi connectivity index (χ4v) is 5.71. The van der Waals surface area contributed by atoms with Crippen molar-refractivity contribution in [3.8, 4) is 5.75 Å². The Morgan fingerprint density at radius 3 is 2.27 bits per heavy atom. The lowest BCUT2D eigenvalue weighted by atomic mass is 10.1. The average Bonchev–Trinajstić information content (AvgIpc) is 3.77. The molecule has 0 bridgehead atoms. The normalized spacial score (nSPS) is 13.9. The predicted octanol–water partition coefficient (Wildman–Crippen LogP) is 4.46. The Morgan fingerprint density at radius 2 is 1.65 bits per heavy atom. The van der Waals surface area contributed by atoms with E-state index >= 15 is 0 Å². The van der Waals surface area contributed by atoms with Crippen molar-refractivity contribution in [1.29, 1.82) is 0 Å². The van der Waals surface area contributed by atoms with Gasteiger partial charge in [-0.1, -0.05) is 54.1 Å². The fraction of sp³-hybridized carbons (Fsp3) is 0.333. The number of carbonyl (C=O) groups excluding carboxylic acids is 2. The van der Waals surface area contributed by atoms with E-state index < -0.39 is 16.1 Å². The van der Waals surface area contributed by atoms with Crippen LogP contribution in [0.15, 0.2) is 77.7 Å². The summed E-state index contributed by atoms with van der Waals surface area (Å²) in [6.07, 6.45) is 2.29. The molecule has 1 saturated carbocycles. The highest BCUT2D eigenvalue weighted by Crippen LogP contribution is 2.23. The Hall–Kier alpha value is -3.40. The van der Waals surface area contributed by atoms with E-state index in [1.807, 2.05) is 42.5 Å². The number of nitrogens with one attached hydrogen (secondary N) is 2. The van der Waals surface area contributed by atoms with Crippen molar-refractivity contribution >= 4 is 33.4 Å². The van der Waals surface area contributed by atoms with Crippen LogP contribution in [-0.4, -0.2) is 44.3 Å². The summed E-state index contributed by atoms with van der Waals surface area (Å²) in [5.74, 6) is 0.216. The summed E-state index contributed by atoms with van der Waals surface area (Å²) in [7, 11) is -1.95. The first kappa shape index (κ1) is 29.6. The quantitative estimate of drug-likeness (QED) is 0.309. The first-order valence-corrected chi connectivity index (χ1v) is 15.1. The van der Waals surface area contributed by atoms with Crippen molar-refractivity contribution in [2.45, 2.75) is 62.7 Å². The largest absolute Gasteiger partial charge is 0.497 e. The van der Waals surface area contributed by atoms with Crippen molar-refractivity contribution in [3.05, 3.63) is 94.5 Å². The third-order valence-corrected chi connectivity index (χ3v) is 8.76. The molecule has 1 aliphatic carbocycles. The van der Waals surface area contributed by atoms with Gasteiger partial charge in [-0.25, -0.2) is 13.1 Å². The minimum atomic E-state index is -3.53. The second kappa shape index (κ2) is 13.3. The van der Waals surface area contributed by atoms with Crippen molar-refractivity contribution in [2.24, 2.45) is 0 Å². The summed E-state index contributed by atoms with van der Waals surface area (Å²) in [6, 6.07) is 20.5. The van der Waals surface area contributed by atoms with E-state index in [1.165, 1.54) is 0 Å². The van der Waals surface area contributed by atoms with Crippen LogP contribution in [0.3, 0.4) is 0 Å². The standard InChI is InChI=1S/C30H34ClN3O5S/c1-21(30(36)32-19-24-5-3-4-6-28(24)31)34(20-23-7-14-26(39-2)15-8-23)29(35)18-11-22-9-16-27(17-10-22)40(37,38)33-25-12-13-25/h3-10,14-17,21,25,33H,11-13,18-20H2,1-2H3,(H,32,36)/t21-/m1/s1. The molecular weight excluding hydrogens is 550 g/mol. The van der Waals surface area contributed by atoms with Crippen molar-refractivity contribution in [2.75, 3.05) is 7.11 Å². The van der Waals surface area contributed by atoms with E-state index in [0.717, 1.165) is 29.5 Å². The molecule has 0 aliphatic heterocycles. The lowest BCUT2D eigenvalue weighted by molar-refractivity contribution is -0.140. The van der Waals surface area contributed by atoms with Gasteiger partial charge in [0.15, 0.2) is 0 Å². The number of rotatable bonds is 13. The summed E-state index contributed by atoms with van der Waals surface area (Å²) in [4.78, 5) is 28.4. The van der Waals surface area contributed by atoms with E-state index in [1.54, 1.807) is 49.3 Å². The molecule has 10 heteroatoms. The Kier molecular flexibility index (Phi) is 9.84. The zero-order valence-corrected chi connectivity index (χ0v) is 24.2. The van der Waals surface area contributed by atoms with Gasteiger partial charge in [-0.3, -0.25) is 9.59 Å². The number of hydrogen-bond acceptors (Lipinski definition) is 5. The average molecular weight is 584 g/mol. The molecule has 212 valence electrons. The van der Waals surface area contributed by atoms with Crippen LogP contribution in [-0.2, 0) is 39.1 Å². The third kappa shape index (κ3) is 8.06. The Labute approximate surface area is 240 Å². The van der Waals surface area contributed by atoms with E-state index in [9.17, 15) is 18.0 Å². The smallest absolute Gasteiger partial charge is 0.242 e. The van der Waals surface area contributed by atoms with Gasteiger partial charge >= 0.3 is 0 Å². The number of ether oxygens (including phenoxy) is 1. The van der Waals surface area contributed by atoms with Crippen molar-refractivity contribution < 1.29 is 22.7 Å².